The number of allylic oxidation sites excluding steroid dienone is 3. The summed E-state index contributed by atoms with van der Waals surface area (Å²) in [5.74, 6) is -2.18. The van der Waals surface area contributed by atoms with Crippen molar-refractivity contribution in [2.45, 2.75) is 46.1 Å². The predicted molar refractivity (Wildman–Crippen MR) is 114 cm³/mol. The van der Waals surface area contributed by atoms with Crippen LogP contribution in [0, 0.1) is 11.8 Å². The van der Waals surface area contributed by atoms with Crippen LogP contribution in [-0.2, 0) is 23.9 Å². The van der Waals surface area contributed by atoms with Crippen LogP contribution in [0.5, 0.6) is 11.5 Å². The van der Waals surface area contributed by atoms with E-state index in [4.69, 9.17) is 18.9 Å². The first-order chi connectivity index (χ1) is 15.2. The molecule has 3 atom stereocenters. The quantitative estimate of drug-likeness (QED) is 0.562. The van der Waals surface area contributed by atoms with Gasteiger partial charge in [-0.1, -0.05) is 13.0 Å². The summed E-state index contributed by atoms with van der Waals surface area (Å²) in [7, 11) is 1.27. The zero-order valence-corrected chi connectivity index (χ0v) is 18.8. The van der Waals surface area contributed by atoms with Crippen LogP contribution >= 0.6 is 0 Å². The number of methoxy groups -OCH3 is 1. The number of hydrogen-bond donors (Lipinski definition) is 1. The Hall–Kier alpha value is -3.29. The van der Waals surface area contributed by atoms with Gasteiger partial charge in [0.2, 0.25) is 6.79 Å². The van der Waals surface area contributed by atoms with E-state index in [1.807, 2.05) is 13.0 Å². The highest BCUT2D eigenvalue weighted by Crippen LogP contribution is 2.47. The average Bonchev–Trinajstić information content (AvgIpc) is 3.19. The van der Waals surface area contributed by atoms with Crippen LogP contribution in [0.3, 0.4) is 0 Å². The SMILES string of the molecule is COC(=O)[C@@H]1C(=O)C2=C(C[C@@H]1C)NC(C)=C(C(=O)OC(C)C)[C@@H]2c1ccc2c(c1)OCO2. The Morgan fingerprint density at radius 3 is 2.59 bits per heavy atom. The van der Waals surface area contributed by atoms with E-state index in [2.05, 4.69) is 5.32 Å². The topological polar surface area (TPSA) is 100 Å². The molecular formula is C24H27NO7. The third-order valence-corrected chi connectivity index (χ3v) is 6.04. The van der Waals surface area contributed by atoms with E-state index < -0.39 is 23.8 Å². The number of ketones is 1. The number of dihydropyridines is 1. The molecular weight excluding hydrogens is 414 g/mol. The molecule has 4 rings (SSSR count). The van der Waals surface area contributed by atoms with E-state index in [9.17, 15) is 14.4 Å². The molecule has 0 amide bonds. The van der Waals surface area contributed by atoms with Crippen LogP contribution in [0.4, 0.5) is 0 Å². The number of ether oxygens (including phenoxy) is 4. The molecule has 8 nitrogen and oxygen atoms in total. The van der Waals surface area contributed by atoms with Gasteiger partial charge in [0.05, 0.1) is 18.8 Å². The number of fused-ring (bicyclic) bond motifs is 1. The molecule has 0 aromatic heterocycles. The van der Waals surface area contributed by atoms with Crippen molar-refractivity contribution in [3.05, 3.63) is 46.3 Å². The fourth-order valence-electron chi connectivity index (χ4n) is 4.65. The molecule has 1 aliphatic carbocycles. The molecule has 3 aliphatic rings. The molecule has 0 fully saturated rings. The lowest BCUT2D eigenvalue weighted by Gasteiger charge is -2.38. The molecule has 0 bridgehead atoms. The maximum Gasteiger partial charge on any atom is 0.337 e. The van der Waals surface area contributed by atoms with Crippen molar-refractivity contribution >= 4 is 17.7 Å². The van der Waals surface area contributed by atoms with Gasteiger partial charge < -0.3 is 24.3 Å². The van der Waals surface area contributed by atoms with Crippen molar-refractivity contribution in [3.8, 4) is 11.5 Å². The number of benzene rings is 1. The zero-order chi connectivity index (χ0) is 23.2. The number of Topliss-reactive ketones (excluding diaryl/α,β-unsaturated/α-hetero) is 1. The minimum Gasteiger partial charge on any atom is -0.468 e. The first kappa shape index (κ1) is 21.9. The highest BCUT2D eigenvalue weighted by atomic mass is 16.7. The van der Waals surface area contributed by atoms with E-state index in [0.717, 1.165) is 0 Å². The van der Waals surface area contributed by atoms with Gasteiger partial charge in [0.25, 0.3) is 0 Å². The summed E-state index contributed by atoms with van der Waals surface area (Å²) in [4.78, 5) is 39.3. The van der Waals surface area contributed by atoms with Crippen LogP contribution in [0.1, 0.15) is 45.6 Å². The van der Waals surface area contributed by atoms with Gasteiger partial charge in [0, 0.05) is 22.9 Å². The number of hydrogen-bond acceptors (Lipinski definition) is 8. The number of carbonyl (C=O) groups is 3. The molecule has 170 valence electrons. The summed E-state index contributed by atoms with van der Waals surface area (Å²) in [6, 6.07) is 5.34. The Kier molecular flexibility index (Phi) is 5.71. The molecule has 0 saturated carbocycles. The molecule has 0 radical (unpaired) electrons. The third kappa shape index (κ3) is 3.63. The minimum absolute atomic E-state index is 0.108. The van der Waals surface area contributed by atoms with Crippen molar-refractivity contribution in [2.75, 3.05) is 13.9 Å². The fourth-order valence-corrected chi connectivity index (χ4v) is 4.65. The minimum atomic E-state index is -0.933. The number of rotatable bonds is 4. The largest absolute Gasteiger partial charge is 0.468 e. The van der Waals surface area contributed by atoms with E-state index in [1.54, 1.807) is 32.9 Å². The fraction of sp³-hybridized carbons (Fsp3) is 0.458. The summed E-state index contributed by atoms with van der Waals surface area (Å²) in [6.07, 6.45) is 0.145. The Balaban J connectivity index is 1.87. The van der Waals surface area contributed by atoms with E-state index >= 15 is 0 Å². The molecule has 8 heteroatoms. The summed E-state index contributed by atoms with van der Waals surface area (Å²) in [5.41, 5.74) is 2.74. The third-order valence-electron chi connectivity index (χ3n) is 6.04. The number of carbonyl (C=O) groups excluding carboxylic acids is 3. The van der Waals surface area contributed by atoms with E-state index in [1.165, 1.54) is 7.11 Å². The normalized spacial score (nSPS) is 24.3. The standard InChI is InChI=1S/C24H27NO7/c1-11(2)32-24(28)19-13(4)25-15-8-12(3)18(23(27)29-5)22(26)21(15)20(19)14-6-7-16-17(9-14)31-10-30-16/h6-7,9,11-12,18,20,25H,8,10H2,1-5H3/t12-,18-,20-/m0/s1. The number of esters is 2. The molecule has 1 aromatic rings. The van der Waals surface area contributed by atoms with Gasteiger partial charge in [-0.25, -0.2) is 4.79 Å². The highest BCUT2D eigenvalue weighted by Gasteiger charge is 2.47. The molecule has 1 N–H and O–H groups in total. The van der Waals surface area contributed by atoms with Gasteiger partial charge in [0.15, 0.2) is 17.3 Å². The van der Waals surface area contributed by atoms with Crippen molar-refractivity contribution in [2.24, 2.45) is 11.8 Å². The van der Waals surface area contributed by atoms with Gasteiger partial charge in [-0.15, -0.1) is 0 Å². The van der Waals surface area contributed by atoms with Crippen molar-refractivity contribution < 1.29 is 33.3 Å². The van der Waals surface area contributed by atoms with Gasteiger partial charge in [-0.3, -0.25) is 9.59 Å². The van der Waals surface area contributed by atoms with Gasteiger partial charge in [0.1, 0.15) is 5.92 Å². The lowest BCUT2D eigenvalue weighted by atomic mass is 9.69. The Bertz CT molecular complexity index is 1050. The lowest BCUT2D eigenvalue weighted by molar-refractivity contribution is -0.151. The molecule has 2 heterocycles. The molecule has 0 spiro atoms. The Labute approximate surface area is 186 Å². The Morgan fingerprint density at radius 2 is 1.91 bits per heavy atom. The Morgan fingerprint density at radius 1 is 1.19 bits per heavy atom. The molecule has 32 heavy (non-hydrogen) atoms. The second-order valence-corrected chi connectivity index (χ2v) is 8.60. The maximum absolute atomic E-state index is 13.7. The summed E-state index contributed by atoms with van der Waals surface area (Å²) >= 11 is 0. The van der Waals surface area contributed by atoms with Crippen LogP contribution < -0.4 is 14.8 Å². The van der Waals surface area contributed by atoms with E-state index in [0.29, 0.717) is 46.0 Å². The van der Waals surface area contributed by atoms with E-state index in [-0.39, 0.29) is 24.6 Å². The maximum atomic E-state index is 13.7. The van der Waals surface area contributed by atoms with Crippen LogP contribution in [0.2, 0.25) is 0 Å². The second kappa shape index (κ2) is 8.33. The smallest absolute Gasteiger partial charge is 0.337 e. The summed E-state index contributed by atoms with van der Waals surface area (Å²) in [5, 5.41) is 3.24. The highest BCUT2D eigenvalue weighted by molar-refractivity contribution is 6.12. The molecule has 0 unspecified atom stereocenters. The van der Waals surface area contributed by atoms with Crippen LogP contribution in [-0.4, -0.2) is 37.7 Å². The van der Waals surface area contributed by atoms with Gasteiger partial charge >= 0.3 is 11.9 Å². The predicted octanol–water partition coefficient (Wildman–Crippen LogP) is 2.98. The van der Waals surface area contributed by atoms with Crippen LogP contribution in [0.25, 0.3) is 0 Å². The molecule has 2 aliphatic heterocycles. The first-order valence-electron chi connectivity index (χ1n) is 10.7. The molecule has 1 aromatic carbocycles. The van der Waals surface area contributed by atoms with Crippen LogP contribution in [0.15, 0.2) is 40.7 Å². The number of nitrogens with one attached hydrogen (secondary N) is 1. The van der Waals surface area contributed by atoms with Gasteiger partial charge in [-0.05, 0) is 50.8 Å². The lowest BCUT2D eigenvalue weighted by Crippen LogP contribution is -2.43. The van der Waals surface area contributed by atoms with Crippen molar-refractivity contribution in [1.82, 2.24) is 5.32 Å². The second-order valence-electron chi connectivity index (χ2n) is 8.60. The first-order valence-corrected chi connectivity index (χ1v) is 10.7. The zero-order valence-electron chi connectivity index (χ0n) is 18.8. The molecule has 0 saturated heterocycles. The summed E-state index contributed by atoms with van der Waals surface area (Å²) in [6.45, 7) is 7.29. The van der Waals surface area contributed by atoms with Gasteiger partial charge in [-0.2, -0.15) is 0 Å². The summed E-state index contributed by atoms with van der Waals surface area (Å²) < 4.78 is 21.4. The van der Waals surface area contributed by atoms with Crippen molar-refractivity contribution in [1.29, 1.82) is 0 Å². The van der Waals surface area contributed by atoms with Crippen molar-refractivity contribution in [3.63, 3.8) is 0 Å². The monoisotopic (exact) mass is 441 g/mol. The average molecular weight is 441 g/mol.